The minimum Gasteiger partial charge on any atom is -0.312 e. The minimum absolute atomic E-state index is 0.105. The van der Waals surface area contributed by atoms with E-state index >= 15 is 0 Å². The molecule has 118 valence electrons. The predicted octanol–water partition coefficient (Wildman–Crippen LogP) is 4.48. The van der Waals surface area contributed by atoms with Crippen LogP contribution in [0.2, 0.25) is 0 Å². The van der Waals surface area contributed by atoms with E-state index in [4.69, 9.17) is 0 Å². The lowest BCUT2D eigenvalue weighted by Crippen LogP contribution is -2.32. The normalized spacial score (nSPS) is 11.0. The highest BCUT2D eigenvalue weighted by Gasteiger charge is 2.17. The highest BCUT2D eigenvalue weighted by molar-refractivity contribution is 7.09. The van der Waals surface area contributed by atoms with Crippen molar-refractivity contribution >= 4 is 22.9 Å². The van der Waals surface area contributed by atoms with Crippen molar-refractivity contribution < 1.29 is 4.79 Å². The Labute approximate surface area is 137 Å². The third-order valence-electron chi connectivity index (χ3n) is 3.53. The summed E-state index contributed by atoms with van der Waals surface area (Å²) in [4.78, 5) is 19.0. The Morgan fingerprint density at radius 2 is 1.86 bits per heavy atom. The Balaban J connectivity index is 2.17. The number of anilines is 1. The molecule has 0 saturated heterocycles. The molecule has 1 amide bonds. The van der Waals surface area contributed by atoms with Gasteiger partial charge in [-0.05, 0) is 44.0 Å². The summed E-state index contributed by atoms with van der Waals surface area (Å²) < 4.78 is 0. The van der Waals surface area contributed by atoms with Gasteiger partial charge in [0, 0.05) is 23.5 Å². The van der Waals surface area contributed by atoms with Crippen LogP contribution in [0.15, 0.2) is 23.6 Å². The van der Waals surface area contributed by atoms with Crippen LogP contribution < -0.4 is 4.90 Å². The number of thiazole rings is 1. The number of aryl methyl sites for hydroxylation is 2. The zero-order valence-electron chi connectivity index (χ0n) is 14.0. The second kappa shape index (κ2) is 7.05. The van der Waals surface area contributed by atoms with Gasteiger partial charge in [0.25, 0.3) is 0 Å². The van der Waals surface area contributed by atoms with E-state index in [0.717, 1.165) is 16.4 Å². The molecule has 0 radical (unpaired) electrons. The topological polar surface area (TPSA) is 33.2 Å². The van der Waals surface area contributed by atoms with Crippen LogP contribution in [0.4, 0.5) is 5.69 Å². The van der Waals surface area contributed by atoms with Crippen molar-refractivity contribution in [3.63, 3.8) is 0 Å². The maximum Gasteiger partial charge on any atom is 0.233 e. The van der Waals surface area contributed by atoms with Gasteiger partial charge in [-0.1, -0.05) is 19.9 Å². The van der Waals surface area contributed by atoms with Crippen LogP contribution >= 0.6 is 11.3 Å². The first-order chi connectivity index (χ1) is 10.4. The second-order valence-electron chi connectivity index (χ2n) is 5.99. The number of likely N-dealkylation sites (N-methyl/N-ethyl adjacent to an activating group) is 1. The molecule has 0 aliphatic rings. The van der Waals surface area contributed by atoms with Gasteiger partial charge in [0.05, 0.1) is 17.1 Å². The lowest BCUT2D eigenvalue weighted by Gasteiger charge is -2.21. The monoisotopic (exact) mass is 316 g/mol. The molecule has 4 heteroatoms. The predicted molar refractivity (Wildman–Crippen MR) is 93.9 cm³/mol. The number of nitrogens with zero attached hydrogens (tertiary/aromatic N) is 2. The zero-order chi connectivity index (χ0) is 16.3. The van der Waals surface area contributed by atoms with Crippen LogP contribution in [0.1, 0.15) is 48.5 Å². The third kappa shape index (κ3) is 3.95. The Bertz CT molecular complexity index is 641. The Kier molecular flexibility index (Phi) is 5.35. The van der Waals surface area contributed by atoms with Crippen LogP contribution in [-0.4, -0.2) is 17.4 Å². The quantitative estimate of drug-likeness (QED) is 0.815. The molecular weight excluding hydrogens is 292 g/mol. The van der Waals surface area contributed by atoms with Gasteiger partial charge >= 0.3 is 0 Å². The van der Waals surface area contributed by atoms with Crippen LogP contribution in [0.5, 0.6) is 0 Å². The lowest BCUT2D eigenvalue weighted by atomic mass is 10.1. The van der Waals surface area contributed by atoms with Gasteiger partial charge in [0.2, 0.25) is 5.91 Å². The average molecular weight is 316 g/mol. The van der Waals surface area contributed by atoms with E-state index in [2.05, 4.69) is 50.9 Å². The van der Waals surface area contributed by atoms with Gasteiger partial charge in [0.15, 0.2) is 0 Å². The Hall–Kier alpha value is -1.68. The number of amides is 1. The number of benzene rings is 1. The molecule has 0 fully saturated rings. The van der Waals surface area contributed by atoms with Gasteiger partial charge in [-0.25, -0.2) is 4.98 Å². The second-order valence-corrected chi connectivity index (χ2v) is 6.88. The van der Waals surface area contributed by atoms with Crippen LogP contribution in [-0.2, 0) is 11.2 Å². The van der Waals surface area contributed by atoms with Crippen molar-refractivity contribution in [2.24, 2.45) is 0 Å². The molecule has 0 N–H and O–H groups in total. The molecule has 0 bridgehead atoms. The first kappa shape index (κ1) is 16.7. The smallest absolute Gasteiger partial charge is 0.233 e. The third-order valence-corrected chi connectivity index (χ3v) is 4.73. The summed E-state index contributed by atoms with van der Waals surface area (Å²) in [6.45, 7) is 11.0. The number of rotatable bonds is 5. The van der Waals surface area contributed by atoms with Crippen LogP contribution in [0.3, 0.4) is 0 Å². The number of carbonyl (C=O) groups excluding carboxylic acids is 1. The highest BCUT2D eigenvalue weighted by Crippen LogP contribution is 2.22. The average Bonchev–Trinajstić information content (AvgIpc) is 2.87. The Morgan fingerprint density at radius 3 is 2.36 bits per heavy atom. The van der Waals surface area contributed by atoms with Crippen LogP contribution in [0, 0.1) is 13.8 Å². The molecule has 0 unspecified atom stereocenters. The van der Waals surface area contributed by atoms with Crippen molar-refractivity contribution in [3.05, 3.63) is 45.4 Å². The molecule has 3 nitrogen and oxygen atoms in total. The summed E-state index contributed by atoms with van der Waals surface area (Å²) in [5, 5.41) is 3.10. The number of hydrogen-bond acceptors (Lipinski definition) is 3. The Morgan fingerprint density at radius 1 is 1.23 bits per heavy atom. The molecule has 0 atom stereocenters. The molecule has 0 aliphatic carbocycles. The molecule has 1 aromatic carbocycles. The fourth-order valence-corrected chi connectivity index (χ4v) is 3.36. The molecule has 2 rings (SSSR count). The summed E-state index contributed by atoms with van der Waals surface area (Å²) in [6, 6.07) is 6.25. The molecule has 2 aromatic rings. The molecule has 0 aliphatic heterocycles. The molecule has 1 heterocycles. The van der Waals surface area contributed by atoms with Gasteiger partial charge in [0.1, 0.15) is 0 Å². The SMILES string of the molecule is CCN(C(=O)Cc1csc(C(C)C)n1)c1cc(C)cc(C)c1. The van der Waals surface area contributed by atoms with Crippen molar-refractivity contribution in [1.29, 1.82) is 0 Å². The fraction of sp³-hybridized carbons (Fsp3) is 0.444. The van der Waals surface area contributed by atoms with Crippen molar-refractivity contribution in [2.75, 3.05) is 11.4 Å². The van der Waals surface area contributed by atoms with E-state index < -0.39 is 0 Å². The van der Waals surface area contributed by atoms with Crippen molar-refractivity contribution in [1.82, 2.24) is 4.98 Å². The number of aromatic nitrogens is 1. The first-order valence-corrected chi connectivity index (χ1v) is 8.61. The molecular formula is C18H24N2OS. The maximum atomic E-state index is 12.6. The van der Waals surface area contributed by atoms with E-state index in [9.17, 15) is 4.79 Å². The van der Waals surface area contributed by atoms with E-state index in [0.29, 0.717) is 18.9 Å². The van der Waals surface area contributed by atoms with E-state index in [1.54, 1.807) is 11.3 Å². The zero-order valence-corrected chi connectivity index (χ0v) is 14.8. The molecule has 0 saturated carbocycles. The standard InChI is InChI=1S/C18H24N2OS/c1-6-20(16-8-13(4)7-14(5)9-16)17(21)10-15-11-22-18(19-15)12(2)3/h7-9,11-12H,6,10H2,1-5H3. The van der Waals surface area contributed by atoms with Gasteiger partial charge in [-0.15, -0.1) is 11.3 Å². The number of hydrogen-bond donors (Lipinski definition) is 0. The largest absolute Gasteiger partial charge is 0.312 e. The number of carbonyl (C=O) groups is 1. The van der Waals surface area contributed by atoms with Gasteiger partial charge < -0.3 is 4.90 Å². The van der Waals surface area contributed by atoms with Gasteiger partial charge in [-0.2, -0.15) is 0 Å². The summed E-state index contributed by atoms with van der Waals surface area (Å²) >= 11 is 1.64. The van der Waals surface area contributed by atoms with Crippen LogP contribution in [0.25, 0.3) is 0 Å². The molecule has 22 heavy (non-hydrogen) atoms. The van der Waals surface area contributed by atoms with E-state index in [1.165, 1.54) is 11.1 Å². The maximum absolute atomic E-state index is 12.6. The first-order valence-electron chi connectivity index (χ1n) is 7.73. The summed E-state index contributed by atoms with van der Waals surface area (Å²) in [5.41, 5.74) is 4.21. The molecule has 0 spiro atoms. The summed E-state index contributed by atoms with van der Waals surface area (Å²) in [6.07, 6.45) is 0.365. The molecule has 1 aromatic heterocycles. The summed E-state index contributed by atoms with van der Waals surface area (Å²) in [7, 11) is 0. The highest BCUT2D eigenvalue weighted by atomic mass is 32.1. The lowest BCUT2D eigenvalue weighted by molar-refractivity contribution is -0.118. The van der Waals surface area contributed by atoms with Gasteiger partial charge in [-0.3, -0.25) is 4.79 Å². The minimum atomic E-state index is 0.105. The summed E-state index contributed by atoms with van der Waals surface area (Å²) in [5.74, 6) is 0.517. The van der Waals surface area contributed by atoms with E-state index in [1.807, 2.05) is 17.2 Å². The van der Waals surface area contributed by atoms with E-state index in [-0.39, 0.29) is 5.91 Å². The van der Waals surface area contributed by atoms with Crippen molar-refractivity contribution in [3.8, 4) is 0 Å². The fourth-order valence-electron chi connectivity index (χ4n) is 2.53. The van der Waals surface area contributed by atoms with Crippen molar-refractivity contribution in [2.45, 2.75) is 47.0 Å².